The maximum Gasteiger partial charge on any atom is 0.222 e. The van der Waals surface area contributed by atoms with Crippen LogP contribution in [0.3, 0.4) is 0 Å². The molecule has 0 unspecified atom stereocenters. The Hall–Kier alpha value is -1.75. The molecule has 5 nitrogen and oxygen atoms in total. The van der Waals surface area contributed by atoms with E-state index < -0.39 is 0 Å². The number of nitrogens with one attached hydrogen (secondary N) is 1. The Morgan fingerprint density at radius 2 is 1.92 bits per heavy atom. The Bertz CT molecular complexity index is 525. The lowest BCUT2D eigenvalue weighted by molar-refractivity contribution is -0.132. The third kappa shape index (κ3) is 5.13. The van der Waals surface area contributed by atoms with Crippen molar-refractivity contribution >= 4 is 5.91 Å². The fourth-order valence-corrected chi connectivity index (χ4v) is 3.18. The predicted octanol–water partition coefficient (Wildman–Crippen LogP) is 2.48. The minimum absolute atomic E-state index is 0.256. The number of hydrogen-bond acceptors (Lipinski definition) is 4. The molecule has 1 amide bonds. The molecule has 0 atom stereocenters. The summed E-state index contributed by atoms with van der Waals surface area (Å²) >= 11 is 0. The zero-order chi connectivity index (χ0) is 17.4. The van der Waals surface area contributed by atoms with Crippen molar-refractivity contribution in [2.45, 2.75) is 32.6 Å². The number of carbonyl (C=O) groups excluding carboxylic acids is 1. The number of carbonyl (C=O) groups is 1. The molecule has 0 spiro atoms. The van der Waals surface area contributed by atoms with Crippen molar-refractivity contribution in [1.82, 2.24) is 10.2 Å². The van der Waals surface area contributed by atoms with E-state index >= 15 is 0 Å². The zero-order valence-electron chi connectivity index (χ0n) is 15.1. The first kappa shape index (κ1) is 18.6. The molecule has 1 heterocycles. The molecule has 0 saturated carbocycles. The molecule has 5 heteroatoms. The number of aryl methyl sites for hydroxylation is 1. The van der Waals surface area contributed by atoms with Gasteiger partial charge in [0.1, 0.15) is 0 Å². The molecule has 0 radical (unpaired) electrons. The van der Waals surface area contributed by atoms with Crippen LogP contribution in [0.15, 0.2) is 18.2 Å². The SMILES string of the molecule is CCNCC1CCN(C(=O)CCc2ccc(OC)c(OC)c2)CC1. The van der Waals surface area contributed by atoms with E-state index in [1.165, 1.54) is 0 Å². The van der Waals surface area contributed by atoms with E-state index in [0.29, 0.717) is 18.1 Å². The summed E-state index contributed by atoms with van der Waals surface area (Å²) in [5, 5.41) is 3.40. The number of benzene rings is 1. The van der Waals surface area contributed by atoms with Gasteiger partial charge in [0.15, 0.2) is 11.5 Å². The third-order valence-corrected chi connectivity index (χ3v) is 4.73. The van der Waals surface area contributed by atoms with Crippen LogP contribution in [0, 0.1) is 5.92 Å². The van der Waals surface area contributed by atoms with Crippen LogP contribution in [0.25, 0.3) is 0 Å². The first-order valence-corrected chi connectivity index (χ1v) is 8.87. The second kappa shape index (κ2) is 9.52. The maximum atomic E-state index is 12.4. The van der Waals surface area contributed by atoms with Crippen LogP contribution in [0.5, 0.6) is 11.5 Å². The van der Waals surface area contributed by atoms with Gasteiger partial charge in [-0.05, 0) is 56.0 Å². The van der Waals surface area contributed by atoms with Gasteiger partial charge in [0.25, 0.3) is 0 Å². The number of amides is 1. The molecule has 2 rings (SSSR count). The van der Waals surface area contributed by atoms with E-state index in [4.69, 9.17) is 9.47 Å². The van der Waals surface area contributed by atoms with Gasteiger partial charge in [0.2, 0.25) is 5.91 Å². The quantitative estimate of drug-likeness (QED) is 0.793. The smallest absolute Gasteiger partial charge is 0.222 e. The van der Waals surface area contributed by atoms with Crippen molar-refractivity contribution in [3.63, 3.8) is 0 Å². The Kier molecular flexibility index (Phi) is 7.37. The van der Waals surface area contributed by atoms with E-state index in [1.807, 2.05) is 23.1 Å². The van der Waals surface area contributed by atoms with Crippen molar-refractivity contribution in [3.05, 3.63) is 23.8 Å². The van der Waals surface area contributed by atoms with Crippen LogP contribution in [0.2, 0.25) is 0 Å². The highest BCUT2D eigenvalue weighted by molar-refractivity contribution is 5.76. The van der Waals surface area contributed by atoms with Crippen molar-refractivity contribution in [2.24, 2.45) is 5.92 Å². The highest BCUT2D eigenvalue weighted by Crippen LogP contribution is 2.28. The van der Waals surface area contributed by atoms with Gasteiger partial charge in [-0.3, -0.25) is 4.79 Å². The van der Waals surface area contributed by atoms with Gasteiger partial charge in [-0.15, -0.1) is 0 Å². The van der Waals surface area contributed by atoms with E-state index in [-0.39, 0.29) is 5.91 Å². The summed E-state index contributed by atoms with van der Waals surface area (Å²) in [4.78, 5) is 14.4. The number of likely N-dealkylation sites (tertiary alicyclic amines) is 1. The van der Waals surface area contributed by atoms with Gasteiger partial charge in [-0.25, -0.2) is 0 Å². The number of methoxy groups -OCH3 is 2. The number of nitrogens with zero attached hydrogens (tertiary/aromatic N) is 1. The number of ether oxygens (including phenoxy) is 2. The van der Waals surface area contributed by atoms with Crippen LogP contribution in [0.4, 0.5) is 0 Å². The van der Waals surface area contributed by atoms with Crippen molar-refractivity contribution < 1.29 is 14.3 Å². The lowest BCUT2D eigenvalue weighted by atomic mass is 9.96. The van der Waals surface area contributed by atoms with Gasteiger partial charge >= 0.3 is 0 Å². The molecule has 1 aliphatic rings. The van der Waals surface area contributed by atoms with Crippen LogP contribution in [-0.4, -0.2) is 51.2 Å². The Morgan fingerprint density at radius 1 is 1.21 bits per heavy atom. The lowest BCUT2D eigenvalue weighted by Crippen LogP contribution is -2.40. The molecule has 1 saturated heterocycles. The summed E-state index contributed by atoms with van der Waals surface area (Å²) in [7, 11) is 3.25. The molecule has 1 fully saturated rings. The summed E-state index contributed by atoms with van der Waals surface area (Å²) in [6.45, 7) is 6.00. The van der Waals surface area contributed by atoms with Crippen LogP contribution < -0.4 is 14.8 Å². The molecular formula is C19H30N2O3. The largest absolute Gasteiger partial charge is 0.493 e. The summed E-state index contributed by atoms with van der Waals surface area (Å²) in [5.41, 5.74) is 1.10. The first-order chi connectivity index (χ1) is 11.7. The molecule has 0 aliphatic carbocycles. The minimum Gasteiger partial charge on any atom is -0.493 e. The normalized spacial score (nSPS) is 15.4. The van der Waals surface area contributed by atoms with Gasteiger partial charge in [-0.2, -0.15) is 0 Å². The second-order valence-electron chi connectivity index (χ2n) is 6.32. The molecular weight excluding hydrogens is 304 g/mol. The monoisotopic (exact) mass is 334 g/mol. The van der Waals surface area contributed by atoms with Gasteiger partial charge in [0, 0.05) is 19.5 Å². The first-order valence-electron chi connectivity index (χ1n) is 8.87. The Morgan fingerprint density at radius 3 is 2.54 bits per heavy atom. The highest BCUT2D eigenvalue weighted by atomic mass is 16.5. The topological polar surface area (TPSA) is 50.8 Å². The van der Waals surface area contributed by atoms with Gasteiger partial charge < -0.3 is 19.7 Å². The number of hydrogen-bond donors (Lipinski definition) is 1. The summed E-state index contributed by atoms with van der Waals surface area (Å²) in [5.74, 6) is 2.40. The Labute approximate surface area is 145 Å². The second-order valence-corrected chi connectivity index (χ2v) is 6.32. The van der Waals surface area contributed by atoms with Crippen molar-refractivity contribution in [1.29, 1.82) is 0 Å². The molecule has 24 heavy (non-hydrogen) atoms. The fourth-order valence-electron chi connectivity index (χ4n) is 3.18. The van der Waals surface area contributed by atoms with Gasteiger partial charge in [0.05, 0.1) is 14.2 Å². The molecule has 1 N–H and O–H groups in total. The van der Waals surface area contributed by atoms with Gasteiger partial charge in [-0.1, -0.05) is 13.0 Å². The van der Waals surface area contributed by atoms with Crippen molar-refractivity contribution in [3.8, 4) is 11.5 Å². The molecule has 1 aromatic rings. The van der Waals surface area contributed by atoms with Crippen LogP contribution in [-0.2, 0) is 11.2 Å². The zero-order valence-corrected chi connectivity index (χ0v) is 15.1. The van der Waals surface area contributed by atoms with E-state index in [0.717, 1.165) is 56.8 Å². The minimum atomic E-state index is 0.256. The average Bonchev–Trinajstić information content (AvgIpc) is 2.64. The van der Waals surface area contributed by atoms with E-state index in [1.54, 1.807) is 14.2 Å². The predicted molar refractivity (Wildman–Crippen MR) is 95.7 cm³/mol. The number of rotatable bonds is 8. The average molecular weight is 334 g/mol. The highest BCUT2D eigenvalue weighted by Gasteiger charge is 2.22. The standard InChI is InChI=1S/C19H30N2O3/c1-4-20-14-16-9-11-21(12-10-16)19(22)8-6-15-5-7-17(23-2)18(13-15)24-3/h5,7,13,16,20H,4,6,8-12,14H2,1-3H3. The molecule has 1 aliphatic heterocycles. The molecule has 1 aromatic carbocycles. The molecule has 0 bridgehead atoms. The number of piperidine rings is 1. The van der Waals surface area contributed by atoms with Crippen LogP contribution in [0.1, 0.15) is 31.7 Å². The van der Waals surface area contributed by atoms with E-state index in [2.05, 4.69) is 12.2 Å². The summed E-state index contributed by atoms with van der Waals surface area (Å²) in [6.07, 6.45) is 3.49. The third-order valence-electron chi connectivity index (χ3n) is 4.73. The van der Waals surface area contributed by atoms with Crippen LogP contribution >= 0.6 is 0 Å². The molecule has 134 valence electrons. The Balaban J connectivity index is 1.79. The fraction of sp³-hybridized carbons (Fsp3) is 0.632. The van der Waals surface area contributed by atoms with Crippen molar-refractivity contribution in [2.75, 3.05) is 40.4 Å². The summed E-state index contributed by atoms with van der Waals surface area (Å²) in [6, 6.07) is 5.84. The summed E-state index contributed by atoms with van der Waals surface area (Å²) < 4.78 is 10.6. The maximum absolute atomic E-state index is 12.4. The molecule has 0 aromatic heterocycles. The lowest BCUT2D eigenvalue weighted by Gasteiger charge is -2.32. The van der Waals surface area contributed by atoms with E-state index in [9.17, 15) is 4.79 Å².